The first kappa shape index (κ1) is 20.6. The lowest BCUT2D eigenvalue weighted by atomic mass is 9.90. The Morgan fingerprint density at radius 2 is 1.68 bits per heavy atom. The highest BCUT2D eigenvalue weighted by Crippen LogP contribution is 2.26. The Morgan fingerprint density at radius 1 is 1.00 bits per heavy atom. The number of carbonyl (C=O) groups excluding carboxylic acids is 1. The number of aryl methyl sites for hydroxylation is 1. The molecule has 0 bridgehead atoms. The van der Waals surface area contributed by atoms with E-state index in [1.807, 2.05) is 25.4 Å². The number of benzene rings is 2. The number of hydrogen-bond acceptors (Lipinski definition) is 2. The summed E-state index contributed by atoms with van der Waals surface area (Å²) >= 11 is 0. The minimum Gasteiger partial charge on any atom is -0.350 e. The smallest absolute Gasteiger partial charge is 0.165 e. The molecule has 1 aliphatic rings. The minimum absolute atomic E-state index is 0. The fourth-order valence-electron chi connectivity index (χ4n) is 4.31. The highest BCUT2D eigenvalue weighted by Gasteiger charge is 2.21. The Kier molecular flexibility index (Phi) is 6.93. The maximum Gasteiger partial charge on any atom is 0.165 e. The standard InChI is InChI=1S/C24H28N2O.ClH/c1-25-18-22(21-9-5-6-10-23(21)25)24(27)12-11-19-13-15-26(16-14-19)17-20-7-3-2-4-8-20;/h2-10,18-19H,11-17H2,1H3;1H. The van der Waals surface area contributed by atoms with Crippen molar-refractivity contribution in [1.29, 1.82) is 0 Å². The third-order valence-electron chi connectivity index (χ3n) is 5.93. The van der Waals surface area contributed by atoms with Gasteiger partial charge >= 0.3 is 0 Å². The molecule has 0 saturated carbocycles. The molecule has 0 amide bonds. The molecule has 0 atom stereocenters. The average Bonchev–Trinajstić information content (AvgIpc) is 3.05. The van der Waals surface area contributed by atoms with Crippen LogP contribution in [0.4, 0.5) is 0 Å². The van der Waals surface area contributed by atoms with Crippen LogP contribution in [0.5, 0.6) is 0 Å². The summed E-state index contributed by atoms with van der Waals surface area (Å²) in [6, 6.07) is 18.9. The number of ketones is 1. The number of hydrogen-bond donors (Lipinski definition) is 0. The molecule has 3 aromatic rings. The van der Waals surface area contributed by atoms with Gasteiger partial charge in [0.1, 0.15) is 0 Å². The van der Waals surface area contributed by atoms with Gasteiger partial charge in [0.15, 0.2) is 5.78 Å². The number of piperidine rings is 1. The van der Waals surface area contributed by atoms with Crippen LogP contribution in [-0.2, 0) is 13.6 Å². The molecule has 2 heterocycles. The number of Topliss-reactive ketones (excluding diaryl/α,β-unsaturated/α-hetero) is 1. The molecule has 1 aromatic heterocycles. The van der Waals surface area contributed by atoms with E-state index >= 15 is 0 Å². The average molecular weight is 397 g/mol. The van der Waals surface area contributed by atoms with E-state index in [1.165, 1.54) is 18.4 Å². The van der Waals surface area contributed by atoms with Crippen molar-refractivity contribution in [2.75, 3.05) is 13.1 Å². The van der Waals surface area contributed by atoms with E-state index in [0.717, 1.165) is 42.5 Å². The second-order valence-electron chi connectivity index (χ2n) is 7.84. The fraction of sp³-hybridized carbons (Fsp3) is 0.375. The molecule has 1 saturated heterocycles. The van der Waals surface area contributed by atoms with E-state index in [-0.39, 0.29) is 12.4 Å². The largest absolute Gasteiger partial charge is 0.350 e. The third-order valence-corrected chi connectivity index (χ3v) is 5.93. The first-order chi connectivity index (χ1) is 13.2. The molecular weight excluding hydrogens is 368 g/mol. The van der Waals surface area contributed by atoms with Crippen molar-refractivity contribution in [3.8, 4) is 0 Å². The van der Waals surface area contributed by atoms with Gasteiger partial charge in [-0.25, -0.2) is 0 Å². The van der Waals surface area contributed by atoms with Crippen LogP contribution >= 0.6 is 12.4 Å². The fourth-order valence-corrected chi connectivity index (χ4v) is 4.31. The van der Waals surface area contributed by atoms with E-state index < -0.39 is 0 Å². The van der Waals surface area contributed by atoms with Gasteiger partial charge in [-0.3, -0.25) is 9.69 Å². The molecular formula is C24H29ClN2O. The van der Waals surface area contributed by atoms with Crippen molar-refractivity contribution in [3.63, 3.8) is 0 Å². The molecule has 1 aliphatic heterocycles. The zero-order chi connectivity index (χ0) is 18.6. The van der Waals surface area contributed by atoms with Crippen LogP contribution in [0.25, 0.3) is 10.9 Å². The van der Waals surface area contributed by atoms with E-state index in [0.29, 0.717) is 18.1 Å². The van der Waals surface area contributed by atoms with Crippen molar-refractivity contribution in [2.45, 2.75) is 32.2 Å². The zero-order valence-corrected chi connectivity index (χ0v) is 17.3. The summed E-state index contributed by atoms with van der Waals surface area (Å²) in [5, 5.41) is 1.09. The second-order valence-corrected chi connectivity index (χ2v) is 7.84. The normalized spacial score (nSPS) is 15.5. The van der Waals surface area contributed by atoms with Crippen LogP contribution in [0.15, 0.2) is 60.8 Å². The lowest BCUT2D eigenvalue weighted by molar-refractivity contribution is 0.0963. The topological polar surface area (TPSA) is 25.2 Å². The van der Waals surface area contributed by atoms with Crippen molar-refractivity contribution in [3.05, 3.63) is 71.9 Å². The maximum atomic E-state index is 12.8. The third kappa shape index (κ3) is 4.65. The molecule has 4 heteroatoms. The lowest BCUT2D eigenvalue weighted by Gasteiger charge is -2.31. The van der Waals surface area contributed by atoms with Gasteiger partial charge in [0.25, 0.3) is 0 Å². The highest BCUT2D eigenvalue weighted by molar-refractivity contribution is 6.08. The predicted octanol–water partition coefficient (Wildman–Crippen LogP) is 5.48. The van der Waals surface area contributed by atoms with Gasteiger partial charge in [-0.2, -0.15) is 0 Å². The molecule has 1 fully saturated rings. The molecule has 3 nitrogen and oxygen atoms in total. The van der Waals surface area contributed by atoms with E-state index in [9.17, 15) is 4.79 Å². The highest BCUT2D eigenvalue weighted by atomic mass is 35.5. The Balaban J connectivity index is 0.00000225. The van der Waals surface area contributed by atoms with E-state index in [2.05, 4.69) is 51.9 Å². The van der Waals surface area contributed by atoms with Crippen LogP contribution in [0.2, 0.25) is 0 Å². The molecule has 0 N–H and O–H groups in total. The quantitative estimate of drug-likeness (QED) is 0.516. The van der Waals surface area contributed by atoms with Gasteiger partial charge < -0.3 is 4.57 Å². The molecule has 2 aromatic carbocycles. The molecule has 4 rings (SSSR count). The first-order valence-corrected chi connectivity index (χ1v) is 10.0. The Bertz CT molecular complexity index is 911. The maximum absolute atomic E-state index is 12.8. The number of nitrogens with zero attached hydrogens (tertiary/aromatic N) is 2. The van der Waals surface area contributed by atoms with Crippen molar-refractivity contribution in [1.82, 2.24) is 9.47 Å². The Labute approximate surface area is 173 Å². The lowest BCUT2D eigenvalue weighted by Crippen LogP contribution is -2.33. The summed E-state index contributed by atoms with van der Waals surface area (Å²) in [6.07, 6.45) is 6.08. The van der Waals surface area contributed by atoms with Crippen LogP contribution in [0, 0.1) is 5.92 Å². The summed E-state index contributed by atoms with van der Waals surface area (Å²) in [7, 11) is 2.02. The predicted molar refractivity (Wildman–Crippen MR) is 118 cm³/mol. The summed E-state index contributed by atoms with van der Waals surface area (Å²) < 4.78 is 2.06. The number of halogens is 1. The van der Waals surface area contributed by atoms with Gasteiger partial charge in [-0.05, 0) is 49.9 Å². The molecule has 0 aliphatic carbocycles. The molecule has 28 heavy (non-hydrogen) atoms. The van der Waals surface area contributed by atoms with E-state index in [4.69, 9.17) is 0 Å². The molecule has 0 spiro atoms. The number of carbonyl (C=O) groups is 1. The number of rotatable bonds is 6. The molecule has 148 valence electrons. The second kappa shape index (κ2) is 9.40. The zero-order valence-electron chi connectivity index (χ0n) is 16.5. The minimum atomic E-state index is 0. The monoisotopic (exact) mass is 396 g/mol. The van der Waals surface area contributed by atoms with Gasteiger partial charge in [0.2, 0.25) is 0 Å². The number of para-hydroxylation sites is 1. The van der Waals surface area contributed by atoms with E-state index in [1.54, 1.807) is 0 Å². The van der Waals surface area contributed by atoms with Crippen molar-refractivity contribution >= 4 is 29.1 Å². The Morgan fingerprint density at radius 3 is 2.43 bits per heavy atom. The van der Waals surface area contributed by atoms with Gasteiger partial charge in [-0.15, -0.1) is 12.4 Å². The van der Waals surface area contributed by atoms with Gasteiger partial charge in [-0.1, -0.05) is 48.5 Å². The van der Waals surface area contributed by atoms with Gasteiger partial charge in [0.05, 0.1) is 0 Å². The van der Waals surface area contributed by atoms with Crippen LogP contribution < -0.4 is 0 Å². The van der Waals surface area contributed by atoms with Crippen molar-refractivity contribution < 1.29 is 4.79 Å². The summed E-state index contributed by atoms with van der Waals surface area (Å²) in [6.45, 7) is 3.33. The first-order valence-electron chi connectivity index (χ1n) is 10.0. The Hall–Kier alpha value is -2.10. The van der Waals surface area contributed by atoms with Crippen LogP contribution in [0.3, 0.4) is 0 Å². The summed E-state index contributed by atoms with van der Waals surface area (Å²) in [4.78, 5) is 15.3. The number of aromatic nitrogens is 1. The van der Waals surface area contributed by atoms with Crippen molar-refractivity contribution in [2.24, 2.45) is 13.0 Å². The van der Waals surface area contributed by atoms with Crippen LogP contribution in [-0.4, -0.2) is 28.3 Å². The molecule has 0 radical (unpaired) electrons. The molecule has 0 unspecified atom stereocenters. The summed E-state index contributed by atoms with van der Waals surface area (Å²) in [5.74, 6) is 0.967. The number of fused-ring (bicyclic) bond motifs is 1. The summed E-state index contributed by atoms with van der Waals surface area (Å²) in [5.41, 5.74) is 3.41. The van der Waals surface area contributed by atoms with Crippen LogP contribution in [0.1, 0.15) is 41.6 Å². The number of likely N-dealkylation sites (tertiary alicyclic amines) is 1. The van der Waals surface area contributed by atoms with Gasteiger partial charge in [0, 0.05) is 42.7 Å². The SMILES string of the molecule is Cl.Cn1cc(C(=O)CCC2CCN(Cc3ccccc3)CC2)c2ccccc21.